The first-order chi connectivity index (χ1) is 12.6. The number of fused-ring (bicyclic) bond motifs is 1. The summed E-state index contributed by atoms with van der Waals surface area (Å²) >= 11 is 0. The molecule has 2 aliphatic rings. The highest BCUT2D eigenvalue weighted by molar-refractivity contribution is 7.89. The van der Waals surface area contributed by atoms with Gasteiger partial charge < -0.3 is 18.9 Å². The molecule has 1 saturated heterocycles. The summed E-state index contributed by atoms with van der Waals surface area (Å²) in [6.07, 6.45) is -0.120. The molecular weight excluding hydrogens is 358 g/mol. The first kappa shape index (κ1) is 17.1. The van der Waals surface area contributed by atoms with E-state index in [0.29, 0.717) is 31.2 Å². The summed E-state index contributed by atoms with van der Waals surface area (Å²) in [5, 5.41) is 0. The molecule has 0 aliphatic carbocycles. The molecule has 0 unspecified atom stereocenters. The molecule has 0 amide bonds. The third kappa shape index (κ3) is 3.23. The minimum atomic E-state index is -3.55. The van der Waals surface area contributed by atoms with Crippen LogP contribution in [0.1, 0.15) is 5.56 Å². The van der Waals surface area contributed by atoms with Gasteiger partial charge in [-0.25, -0.2) is 8.42 Å². The van der Waals surface area contributed by atoms with Gasteiger partial charge >= 0.3 is 0 Å². The van der Waals surface area contributed by atoms with E-state index < -0.39 is 10.0 Å². The Labute approximate surface area is 152 Å². The quantitative estimate of drug-likeness (QED) is 0.767. The summed E-state index contributed by atoms with van der Waals surface area (Å²) in [6, 6.07) is 12.3. The number of ether oxygens (including phenoxy) is 4. The number of methoxy groups -OCH3 is 1. The predicted molar refractivity (Wildman–Crippen MR) is 92.9 cm³/mol. The van der Waals surface area contributed by atoms with Crippen molar-refractivity contribution in [1.29, 1.82) is 0 Å². The fraction of sp³-hybridized carbons (Fsp3) is 0.333. The van der Waals surface area contributed by atoms with Crippen LogP contribution in [0.2, 0.25) is 0 Å². The largest absolute Gasteiger partial charge is 0.497 e. The molecule has 0 radical (unpaired) electrons. The van der Waals surface area contributed by atoms with Gasteiger partial charge in [-0.15, -0.1) is 0 Å². The predicted octanol–water partition coefficient (Wildman–Crippen LogP) is 2.01. The van der Waals surface area contributed by atoms with E-state index in [0.717, 1.165) is 11.3 Å². The van der Waals surface area contributed by atoms with E-state index in [4.69, 9.17) is 18.9 Å². The molecule has 2 aromatic rings. The Bertz CT molecular complexity index is 908. The molecule has 2 heterocycles. The summed E-state index contributed by atoms with van der Waals surface area (Å²) in [5.74, 6) is 1.79. The topological polar surface area (TPSA) is 74.3 Å². The second-order valence-electron chi connectivity index (χ2n) is 6.12. The maximum absolute atomic E-state index is 12.7. The molecule has 2 aromatic carbocycles. The standard InChI is InChI=1S/C18H19NO6S/c1-22-14-4-2-3-13(7-14)11-23-15-9-19(10-15)26(20,21)16-5-6-17-18(8-16)25-12-24-17/h2-8,15H,9-12H2,1H3. The zero-order valence-corrected chi connectivity index (χ0v) is 15.1. The SMILES string of the molecule is COc1cccc(COC2CN(S(=O)(=O)c3ccc4c(c3)OCO4)C2)c1. The smallest absolute Gasteiger partial charge is 0.243 e. The average molecular weight is 377 g/mol. The van der Waals surface area contributed by atoms with Crippen LogP contribution in [0.4, 0.5) is 0 Å². The van der Waals surface area contributed by atoms with Gasteiger partial charge in [-0.05, 0) is 29.8 Å². The molecule has 0 atom stereocenters. The molecule has 0 aromatic heterocycles. The fourth-order valence-corrected chi connectivity index (χ4v) is 4.38. The number of hydrogen-bond acceptors (Lipinski definition) is 6. The number of nitrogens with zero attached hydrogens (tertiary/aromatic N) is 1. The maximum atomic E-state index is 12.7. The van der Waals surface area contributed by atoms with E-state index in [1.165, 1.54) is 16.4 Å². The van der Waals surface area contributed by atoms with Crippen LogP contribution in [0, 0.1) is 0 Å². The van der Waals surface area contributed by atoms with E-state index in [-0.39, 0.29) is 17.8 Å². The van der Waals surface area contributed by atoms with Gasteiger partial charge in [0.2, 0.25) is 16.8 Å². The Morgan fingerprint density at radius 2 is 1.92 bits per heavy atom. The monoisotopic (exact) mass is 377 g/mol. The molecule has 8 heteroatoms. The van der Waals surface area contributed by atoms with Crippen molar-refractivity contribution < 1.29 is 27.4 Å². The normalized spacial score (nSPS) is 17.1. The average Bonchev–Trinajstić information content (AvgIpc) is 3.08. The summed E-state index contributed by atoms with van der Waals surface area (Å²) in [7, 11) is -1.94. The molecule has 0 N–H and O–H groups in total. The minimum absolute atomic E-state index is 0.114. The second-order valence-corrected chi connectivity index (χ2v) is 8.06. The van der Waals surface area contributed by atoms with Crippen LogP contribution in [0.3, 0.4) is 0 Å². The van der Waals surface area contributed by atoms with Gasteiger partial charge in [0.1, 0.15) is 5.75 Å². The molecule has 0 spiro atoms. The van der Waals surface area contributed by atoms with Crippen molar-refractivity contribution in [2.45, 2.75) is 17.6 Å². The van der Waals surface area contributed by atoms with Crippen molar-refractivity contribution in [2.24, 2.45) is 0 Å². The molecule has 26 heavy (non-hydrogen) atoms. The van der Waals surface area contributed by atoms with Gasteiger partial charge in [-0.3, -0.25) is 0 Å². The highest BCUT2D eigenvalue weighted by atomic mass is 32.2. The first-order valence-electron chi connectivity index (χ1n) is 8.20. The lowest BCUT2D eigenvalue weighted by Crippen LogP contribution is -2.54. The molecule has 7 nitrogen and oxygen atoms in total. The van der Waals surface area contributed by atoms with Gasteiger partial charge in [0.05, 0.1) is 24.7 Å². The summed E-state index contributed by atoms with van der Waals surface area (Å²) in [6.45, 7) is 1.20. The van der Waals surface area contributed by atoms with E-state index in [2.05, 4.69) is 0 Å². The van der Waals surface area contributed by atoms with Gasteiger partial charge in [0.25, 0.3) is 0 Å². The lowest BCUT2D eigenvalue weighted by Gasteiger charge is -2.37. The third-order valence-corrected chi connectivity index (χ3v) is 6.24. The highest BCUT2D eigenvalue weighted by Gasteiger charge is 2.38. The highest BCUT2D eigenvalue weighted by Crippen LogP contribution is 2.35. The third-order valence-electron chi connectivity index (χ3n) is 4.42. The molecule has 4 rings (SSSR count). The van der Waals surface area contributed by atoms with Gasteiger partial charge in [-0.2, -0.15) is 4.31 Å². The van der Waals surface area contributed by atoms with Crippen LogP contribution in [-0.2, 0) is 21.4 Å². The number of benzene rings is 2. The number of rotatable bonds is 6. The van der Waals surface area contributed by atoms with E-state index in [9.17, 15) is 8.42 Å². The van der Waals surface area contributed by atoms with Crippen LogP contribution in [0.25, 0.3) is 0 Å². The van der Waals surface area contributed by atoms with Gasteiger partial charge in [0, 0.05) is 19.2 Å². The number of hydrogen-bond donors (Lipinski definition) is 0. The van der Waals surface area contributed by atoms with Crippen LogP contribution in [-0.4, -0.2) is 45.8 Å². The lowest BCUT2D eigenvalue weighted by molar-refractivity contribution is -0.0296. The van der Waals surface area contributed by atoms with Crippen LogP contribution >= 0.6 is 0 Å². The Morgan fingerprint density at radius 3 is 2.73 bits per heavy atom. The Hall–Kier alpha value is -2.29. The molecular formula is C18H19NO6S. The zero-order valence-electron chi connectivity index (χ0n) is 14.3. The summed E-state index contributed by atoms with van der Waals surface area (Å²) in [5.41, 5.74) is 0.987. The maximum Gasteiger partial charge on any atom is 0.243 e. The van der Waals surface area contributed by atoms with Crippen LogP contribution in [0.15, 0.2) is 47.4 Å². The van der Waals surface area contributed by atoms with Crippen molar-refractivity contribution in [2.75, 3.05) is 27.0 Å². The Kier molecular flexibility index (Phi) is 4.47. The summed E-state index contributed by atoms with van der Waals surface area (Å²) in [4.78, 5) is 0.202. The summed E-state index contributed by atoms with van der Waals surface area (Å²) < 4.78 is 48.2. The van der Waals surface area contributed by atoms with Crippen LogP contribution in [0.5, 0.6) is 17.2 Å². The van der Waals surface area contributed by atoms with Crippen molar-refractivity contribution in [3.05, 3.63) is 48.0 Å². The Balaban J connectivity index is 1.35. The second kappa shape index (κ2) is 6.79. The molecule has 0 saturated carbocycles. The van der Waals surface area contributed by atoms with Crippen molar-refractivity contribution in [3.63, 3.8) is 0 Å². The van der Waals surface area contributed by atoms with E-state index >= 15 is 0 Å². The van der Waals surface area contributed by atoms with Gasteiger partial charge in [-0.1, -0.05) is 12.1 Å². The zero-order chi connectivity index (χ0) is 18.1. The van der Waals surface area contributed by atoms with Crippen molar-refractivity contribution in [3.8, 4) is 17.2 Å². The molecule has 2 aliphatic heterocycles. The van der Waals surface area contributed by atoms with Crippen molar-refractivity contribution in [1.82, 2.24) is 4.31 Å². The molecule has 0 bridgehead atoms. The Morgan fingerprint density at radius 1 is 1.12 bits per heavy atom. The number of sulfonamides is 1. The van der Waals surface area contributed by atoms with Crippen LogP contribution < -0.4 is 14.2 Å². The van der Waals surface area contributed by atoms with E-state index in [1.54, 1.807) is 13.2 Å². The van der Waals surface area contributed by atoms with Gasteiger partial charge in [0.15, 0.2) is 11.5 Å². The van der Waals surface area contributed by atoms with Crippen molar-refractivity contribution >= 4 is 10.0 Å². The van der Waals surface area contributed by atoms with E-state index in [1.807, 2.05) is 24.3 Å². The minimum Gasteiger partial charge on any atom is -0.497 e. The fourth-order valence-electron chi connectivity index (χ4n) is 2.87. The molecule has 138 valence electrons. The first-order valence-corrected chi connectivity index (χ1v) is 9.64. The molecule has 1 fully saturated rings. The lowest BCUT2D eigenvalue weighted by atomic mass is 10.2.